The lowest BCUT2D eigenvalue weighted by Gasteiger charge is -2.12. The van der Waals surface area contributed by atoms with Gasteiger partial charge >= 0.3 is 0 Å². The fourth-order valence-electron chi connectivity index (χ4n) is 2.62. The molecule has 1 heterocycles. The molecular weight excluding hydrogens is 457 g/mol. The van der Waals surface area contributed by atoms with Crippen LogP contribution in [0.5, 0.6) is 11.5 Å². The van der Waals surface area contributed by atoms with Crippen LogP contribution in [0, 0.1) is 0 Å². The number of aliphatic imine (C=N–C) groups is 1. The fraction of sp³-hybridized carbons (Fsp3) is 0.350. The van der Waals surface area contributed by atoms with Crippen LogP contribution >= 0.6 is 24.0 Å². The Balaban J connectivity index is 0.00000261. The van der Waals surface area contributed by atoms with Crippen molar-refractivity contribution in [2.45, 2.75) is 26.6 Å². The zero-order valence-electron chi connectivity index (χ0n) is 15.7. The number of ether oxygens (including phenoxy) is 3. The number of hydrogen-bond donors (Lipinski definition) is 2. The Morgan fingerprint density at radius 1 is 0.963 bits per heavy atom. The molecule has 1 aliphatic rings. The maximum atomic E-state index is 5.42. The van der Waals surface area contributed by atoms with E-state index in [0.29, 0.717) is 26.5 Å². The van der Waals surface area contributed by atoms with E-state index in [1.165, 1.54) is 11.1 Å². The van der Waals surface area contributed by atoms with Crippen LogP contribution in [-0.2, 0) is 24.4 Å². The Hall–Kier alpha value is -2.00. The highest BCUT2D eigenvalue weighted by atomic mass is 127. The summed E-state index contributed by atoms with van der Waals surface area (Å²) >= 11 is 0. The predicted octanol–water partition coefficient (Wildman–Crippen LogP) is 3.44. The monoisotopic (exact) mass is 483 g/mol. The van der Waals surface area contributed by atoms with E-state index in [9.17, 15) is 0 Å². The number of benzene rings is 2. The van der Waals surface area contributed by atoms with Crippen molar-refractivity contribution in [2.24, 2.45) is 4.99 Å². The zero-order chi connectivity index (χ0) is 18.2. The first kappa shape index (κ1) is 21.3. The first-order chi connectivity index (χ1) is 12.8. The summed E-state index contributed by atoms with van der Waals surface area (Å²) in [5.41, 5.74) is 3.48. The third kappa shape index (κ3) is 6.28. The van der Waals surface area contributed by atoms with Gasteiger partial charge in [0.25, 0.3) is 0 Å². The highest BCUT2D eigenvalue weighted by Gasteiger charge is 2.13. The Labute approximate surface area is 177 Å². The summed E-state index contributed by atoms with van der Waals surface area (Å²) in [5, 5.41) is 6.63. The molecule has 3 rings (SSSR count). The molecule has 0 bridgehead atoms. The number of rotatable bonds is 7. The lowest BCUT2D eigenvalue weighted by atomic mass is 10.1. The molecule has 0 unspecified atom stereocenters. The summed E-state index contributed by atoms with van der Waals surface area (Å²) in [6, 6.07) is 14.3. The molecule has 2 aromatic carbocycles. The summed E-state index contributed by atoms with van der Waals surface area (Å²) < 4.78 is 16.2. The van der Waals surface area contributed by atoms with Gasteiger partial charge in [0.1, 0.15) is 0 Å². The van der Waals surface area contributed by atoms with Crippen LogP contribution in [0.1, 0.15) is 23.6 Å². The van der Waals surface area contributed by atoms with Crippen molar-refractivity contribution < 1.29 is 14.2 Å². The van der Waals surface area contributed by atoms with E-state index >= 15 is 0 Å². The van der Waals surface area contributed by atoms with Crippen LogP contribution in [0.25, 0.3) is 0 Å². The maximum absolute atomic E-state index is 5.42. The second kappa shape index (κ2) is 11.0. The molecule has 0 aliphatic carbocycles. The van der Waals surface area contributed by atoms with E-state index in [1.54, 1.807) is 7.05 Å². The second-order valence-corrected chi connectivity index (χ2v) is 5.92. The number of nitrogens with one attached hydrogen (secondary N) is 2. The fourth-order valence-corrected chi connectivity index (χ4v) is 2.62. The average Bonchev–Trinajstić information content (AvgIpc) is 3.15. The summed E-state index contributed by atoms with van der Waals surface area (Å²) in [6.07, 6.45) is 0. The van der Waals surface area contributed by atoms with Crippen LogP contribution < -0.4 is 20.1 Å². The third-order valence-corrected chi connectivity index (χ3v) is 4.08. The first-order valence-corrected chi connectivity index (χ1v) is 8.77. The number of nitrogens with zero attached hydrogens (tertiary/aromatic N) is 1. The standard InChI is InChI=1S/C20H25N3O3.HI/c1-3-24-13-16-6-4-15(5-7-16)11-22-20(21-2)23-12-17-8-9-18-19(10-17)26-14-25-18;/h4-10H,3,11-14H2,1-2H3,(H2,21,22,23);1H. The Morgan fingerprint density at radius 2 is 1.59 bits per heavy atom. The highest BCUT2D eigenvalue weighted by molar-refractivity contribution is 14.0. The minimum atomic E-state index is 0. The van der Waals surface area contributed by atoms with Crippen molar-refractivity contribution in [3.8, 4) is 11.5 Å². The van der Waals surface area contributed by atoms with E-state index in [1.807, 2.05) is 25.1 Å². The number of hydrogen-bond acceptors (Lipinski definition) is 4. The van der Waals surface area contributed by atoms with Crippen molar-refractivity contribution in [1.29, 1.82) is 0 Å². The molecule has 0 aromatic heterocycles. The topological polar surface area (TPSA) is 64.1 Å². The Kier molecular flexibility index (Phi) is 8.66. The van der Waals surface area contributed by atoms with Gasteiger partial charge in [-0.3, -0.25) is 4.99 Å². The highest BCUT2D eigenvalue weighted by Crippen LogP contribution is 2.32. The van der Waals surface area contributed by atoms with Crippen LogP contribution in [0.15, 0.2) is 47.5 Å². The predicted molar refractivity (Wildman–Crippen MR) is 117 cm³/mol. The van der Waals surface area contributed by atoms with Gasteiger partial charge in [0.2, 0.25) is 6.79 Å². The van der Waals surface area contributed by atoms with Crippen molar-refractivity contribution in [3.05, 3.63) is 59.2 Å². The number of fused-ring (bicyclic) bond motifs is 1. The Bertz CT molecular complexity index is 751. The van der Waals surface area contributed by atoms with E-state index in [2.05, 4.69) is 39.9 Å². The molecule has 7 heteroatoms. The number of halogens is 1. The molecule has 27 heavy (non-hydrogen) atoms. The van der Waals surface area contributed by atoms with Crippen molar-refractivity contribution in [2.75, 3.05) is 20.4 Å². The molecule has 2 N–H and O–H groups in total. The van der Waals surface area contributed by atoms with Crippen molar-refractivity contribution in [1.82, 2.24) is 10.6 Å². The molecule has 0 fully saturated rings. The van der Waals surface area contributed by atoms with Crippen LogP contribution in [-0.4, -0.2) is 26.4 Å². The van der Waals surface area contributed by atoms with Gasteiger partial charge in [0, 0.05) is 26.7 Å². The summed E-state index contributed by atoms with van der Waals surface area (Å²) in [6.45, 7) is 5.04. The van der Waals surface area contributed by atoms with Crippen LogP contribution in [0.3, 0.4) is 0 Å². The maximum Gasteiger partial charge on any atom is 0.231 e. The molecule has 0 spiro atoms. The van der Waals surface area contributed by atoms with Crippen LogP contribution in [0.4, 0.5) is 0 Å². The SMILES string of the molecule is CCOCc1ccc(CNC(=NC)NCc2ccc3c(c2)OCO3)cc1.I. The van der Waals surface area contributed by atoms with Gasteiger partial charge in [-0.05, 0) is 35.7 Å². The van der Waals surface area contributed by atoms with Gasteiger partial charge in [-0.15, -0.1) is 24.0 Å². The molecule has 0 saturated carbocycles. The van der Waals surface area contributed by atoms with Gasteiger partial charge in [0.15, 0.2) is 17.5 Å². The van der Waals surface area contributed by atoms with E-state index in [4.69, 9.17) is 14.2 Å². The van der Waals surface area contributed by atoms with Gasteiger partial charge < -0.3 is 24.8 Å². The lowest BCUT2D eigenvalue weighted by Crippen LogP contribution is -2.36. The molecule has 146 valence electrons. The normalized spacial score (nSPS) is 12.4. The molecule has 0 saturated heterocycles. The second-order valence-electron chi connectivity index (χ2n) is 5.92. The minimum absolute atomic E-state index is 0. The molecule has 0 amide bonds. The van der Waals surface area contributed by atoms with E-state index in [0.717, 1.165) is 29.6 Å². The van der Waals surface area contributed by atoms with E-state index < -0.39 is 0 Å². The average molecular weight is 483 g/mol. The summed E-state index contributed by atoms with van der Waals surface area (Å²) in [7, 11) is 1.76. The lowest BCUT2D eigenvalue weighted by molar-refractivity contribution is 0.134. The molecule has 0 atom stereocenters. The third-order valence-electron chi connectivity index (χ3n) is 4.08. The molecule has 1 aliphatic heterocycles. The van der Waals surface area contributed by atoms with Crippen LogP contribution in [0.2, 0.25) is 0 Å². The molecule has 0 radical (unpaired) electrons. The summed E-state index contributed by atoms with van der Waals surface area (Å²) in [4.78, 5) is 4.27. The Morgan fingerprint density at radius 3 is 2.30 bits per heavy atom. The van der Waals surface area contributed by atoms with Gasteiger partial charge in [-0.25, -0.2) is 0 Å². The molecule has 6 nitrogen and oxygen atoms in total. The largest absolute Gasteiger partial charge is 0.454 e. The summed E-state index contributed by atoms with van der Waals surface area (Å²) in [5.74, 6) is 2.34. The van der Waals surface area contributed by atoms with Gasteiger partial charge in [-0.2, -0.15) is 0 Å². The first-order valence-electron chi connectivity index (χ1n) is 8.77. The molecular formula is C20H26IN3O3. The van der Waals surface area contributed by atoms with Crippen molar-refractivity contribution >= 4 is 29.9 Å². The van der Waals surface area contributed by atoms with Gasteiger partial charge in [0.05, 0.1) is 6.61 Å². The van der Waals surface area contributed by atoms with Gasteiger partial charge in [-0.1, -0.05) is 30.3 Å². The van der Waals surface area contributed by atoms with Crippen molar-refractivity contribution in [3.63, 3.8) is 0 Å². The smallest absolute Gasteiger partial charge is 0.231 e. The van der Waals surface area contributed by atoms with E-state index in [-0.39, 0.29) is 24.0 Å². The molecule has 2 aromatic rings. The quantitative estimate of drug-likeness (QED) is 0.359. The minimum Gasteiger partial charge on any atom is -0.454 e. The zero-order valence-corrected chi connectivity index (χ0v) is 18.0. The number of guanidine groups is 1.